The van der Waals surface area contributed by atoms with E-state index in [1.807, 2.05) is 14.1 Å². The molecule has 1 saturated carbocycles. The fourth-order valence-electron chi connectivity index (χ4n) is 2.82. The monoisotopic (exact) mass is 299 g/mol. The Balaban J connectivity index is 2.15. The van der Waals surface area contributed by atoms with E-state index < -0.39 is 5.97 Å². The van der Waals surface area contributed by atoms with Crippen LogP contribution in [0.5, 0.6) is 0 Å². The predicted octanol–water partition coefficient (Wildman–Crippen LogP) is 1.52. The Bertz CT molecular complexity index is 334. The highest BCUT2D eigenvalue weighted by atomic mass is 16.4. The summed E-state index contributed by atoms with van der Waals surface area (Å²) in [5, 5.41) is 14.8. The van der Waals surface area contributed by atoms with Crippen molar-refractivity contribution in [3.63, 3.8) is 0 Å². The molecule has 0 spiro atoms. The summed E-state index contributed by atoms with van der Waals surface area (Å²) in [6, 6.07) is -0.186. The van der Waals surface area contributed by atoms with Gasteiger partial charge < -0.3 is 20.6 Å². The van der Waals surface area contributed by atoms with Crippen LogP contribution in [0.25, 0.3) is 0 Å². The van der Waals surface area contributed by atoms with Crippen LogP contribution >= 0.6 is 0 Å². The van der Waals surface area contributed by atoms with Gasteiger partial charge in [-0.2, -0.15) is 0 Å². The van der Waals surface area contributed by atoms with Gasteiger partial charge in [-0.1, -0.05) is 12.8 Å². The maximum Gasteiger partial charge on any atom is 0.314 e. The van der Waals surface area contributed by atoms with Gasteiger partial charge in [0.1, 0.15) is 0 Å². The number of unbranched alkanes of at least 4 members (excludes halogenated alkanes) is 1. The quantitative estimate of drug-likeness (QED) is 0.594. The van der Waals surface area contributed by atoms with Gasteiger partial charge in [0.05, 0.1) is 5.92 Å². The number of aliphatic carboxylic acids is 1. The molecule has 0 radical (unpaired) electrons. The standard InChI is InChI=1S/C15H29N3O3/c1-18(2)10-6-5-9-16-15(21)17-11-12-7-3-4-8-13(12)14(19)20/h12-13H,3-11H2,1-2H3,(H,19,20)(H2,16,17,21). The second-order valence-electron chi connectivity index (χ2n) is 6.14. The SMILES string of the molecule is CN(C)CCCCNC(=O)NCC1CCCCC1C(=O)O. The maximum atomic E-state index is 11.7. The minimum atomic E-state index is -0.731. The van der Waals surface area contributed by atoms with Crippen LogP contribution < -0.4 is 10.6 Å². The highest BCUT2D eigenvalue weighted by molar-refractivity contribution is 5.74. The molecule has 1 fully saturated rings. The van der Waals surface area contributed by atoms with Gasteiger partial charge in [0, 0.05) is 13.1 Å². The van der Waals surface area contributed by atoms with Crippen molar-refractivity contribution in [3.8, 4) is 0 Å². The lowest BCUT2D eigenvalue weighted by Gasteiger charge is -2.28. The lowest BCUT2D eigenvalue weighted by molar-refractivity contribution is -0.144. The van der Waals surface area contributed by atoms with Crippen molar-refractivity contribution < 1.29 is 14.7 Å². The highest BCUT2D eigenvalue weighted by Gasteiger charge is 2.30. The molecule has 0 heterocycles. The third-order valence-corrected chi connectivity index (χ3v) is 4.07. The van der Waals surface area contributed by atoms with E-state index in [1.165, 1.54) is 0 Å². The van der Waals surface area contributed by atoms with E-state index >= 15 is 0 Å². The van der Waals surface area contributed by atoms with Crippen molar-refractivity contribution in [2.75, 3.05) is 33.7 Å². The lowest BCUT2D eigenvalue weighted by Crippen LogP contribution is -2.42. The van der Waals surface area contributed by atoms with Crippen LogP contribution in [0.1, 0.15) is 38.5 Å². The number of nitrogens with one attached hydrogen (secondary N) is 2. The molecule has 0 aliphatic heterocycles. The van der Waals surface area contributed by atoms with Gasteiger partial charge in [-0.3, -0.25) is 4.79 Å². The molecule has 1 aliphatic rings. The van der Waals surface area contributed by atoms with Crippen LogP contribution in [0, 0.1) is 11.8 Å². The minimum absolute atomic E-state index is 0.0655. The molecular formula is C15H29N3O3. The first-order chi connectivity index (χ1) is 10.0. The fourth-order valence-corrected chi connectivity index (χ4v) is 2.82. The van der Waals surface area contributed by atoms with Crippen molar-refractivity contribution in [2.45, 2.75) is 38.5 Å². The summed E-state index contributed by atoms with van der Waals surface area (Å²) in [7, 11) is 4.06. The van der Waals surface area contributed by atoms with Crippen LogP contribution in [0.15, 0.2) is 0 Å². The van der Waals surface area contributed by atoms with Crippen molar-refractivity contribution >= 4 is 12.0 Å². The van der Waals surface area contributed by atoms with Gasteiger partial charge >= 0.3 is 12.0 Å². The van der Waals surface area contributed by atoms with Crippen LogP contribution in [0.4, 0.5) is 4.79 Å². The fraction of sp³-hybridized carbons (Fsp3) is 0.867. The first kappa shape index (κ1) is 17.8. The third-order valence-electron chi connectivity index (χ3n) is 4.07. The molecule has 1 aliphatic carbocycles. The lowest BCUT2D eigenvalue weighted by atomic mass is 9.79. The molecule has 2 atom stereocenters. The molecule has 0 bridgehead atoms. The summed E-state index contributed by atoms with van der Waals surface area (Å²) >= 11 is 0. The topological polar surface area (TPSA) is 81.7 Å². The Morgan fingerprint density at radius 1 is 1.14 bits per heavy atom. The summed E-state index contributed by atoms with van der Waals surface area (Å²) < 4.78 is 0. The van der Waals surface area contributed by atoms with E-state index in [-0.39, 0.29) is 17.9 Å². The smallest absolute Gasteiger partial charge is 0.314 e. The molecule has 1 rings (SSSR count). The summed E-state index contributed by atoms with van der Waals surface area (Å²) in [6.07, 6.45) is 5.66. The zero-order chi connectivity index (χ0) is 15.7. The maximum absolute atomic E-state index is 11.7. The van der Waals surface area contributed by atoms with Crippen molar-refractivity contribution in [2.24, 2.45) is 11.8 Å². The van der Waals surface area contributed by atoms with Gasteiger partial charge in [0.2, 0.25) is 0 Å². The van der Waals surface area contributed by atoms with Crippen molar-refractivity contribution in [1.82, 2.24) is 15.5 Å². The molecule has 2 amide bonds. The van der Waals surface area contributed by atoms with Gasteiger partial charge in [0.15, 0.2) is 0 Å². The molecule has 6 heteroatoms. The Kier molecular flexibility index (Phi) is 8.12. The second-order valence-corrected chi connectivity index (χ2v) is 6.14. The first-order valence-corrected chi connectivity index (χ1v) is 7.90. The number of amides is 2. The number of carbonyl (C=O) groups is 2. The predicted molar refractivity (Wildman–Crippen MR) is 82.3 cm³/mol. The van der Waals surface area contributed by atoms with E-state index in [4.69, 9.17) is 0 Å². The van der Waals surface area contributed by atoms with Crippen molar-refractivity contribution in [3.05, 3.63) is 0 Å². The van der Waals surface area contributed by atoms with E-state index in [2.05, 4.69) is 15.5 Å². The number of carbonyl (C=O) groups excluding carboxylic acids is 1. The number of rotatable bonds is 8. The van der Waals surface area contributed by atoms with E-state index in [0.29, 0.717) is 13.1 Å². The van der Waals surface area contributed by atoms with Crippen LogP contribution in [0.3, 0.4) is 0 Å². The van der Waals surface area contributed by atoms with Gasteiger partial charge in [-0.25, -0.2) is 4.79 Å². The van der Waals surface area contributed by atoms with E-state index in [0.717, 1.165) is 45.1 Å². The van der Waals surface area contributed by atoms with Crippen LogP contribution in [-0.2, 0) is 4.79 Å². The average Bonchev–Trinajstić information content (AvgIpc) is 2.44. The number of carboxylic acid groups (broad SMARTS) is 1. The summed E-state index contributed by atoms with van der Waals surface area (Å²) in [5.41, 5.74) is 0. The van der Waals surface area contributed by atoms with E-state index in [9.17, 15) is 14.7 Å². The molecule has 0 aromatic rings. The normalized spacial score (nSPS) is 22.0. The Morgan fingerprint density at radius 2 is 1.86 bits per heavy atom. The summed E-state index contributed by atoms with van der Waals surface area (Å²) in [6.45, 7) is 2.14. The molecule has 6 nitrogen and oxygen atoms in total. The number of nitrogens with zero attached hydrogens (tertiary/aromatic N) is 1. The van der Waals surface area contributed by atoms with Crippen molar-refractivity contribution in [1.29, 1.82) is 0 Å². The molecule has 3 N–H and O–H groups in total. The Morgan fingerprint density at radius 3 is 2.52 bits per heavy atom. The zero-order valence-corrected chi connectivity index (χ0v) is 13.2. The average molecular weight is 299 g/mol. The van der Waals surface area contributed by atoms with Gasteiger partial charge in [-0.15, -0.1) is 0 Å². The first-order valence-electron chi connectivity index (χ1n) is 7.90. The third kappa shape index (κ3) is 7.32. The molecule has 0 aromatic carbocycles. The number of hydrogen-bond donors (Lipinski definition) is 3. The summed E-state index contributed by atoms with van der Waals surface area (Å²) in [4.78, 5) is 25.0. The molecule has 122 valence electrons. The van der Waals surface area contributed by atoms with Crippen LogP contribution in [-0.4, -0.2) is 55.7 Å². The van der Waals surface area contributed by atoms with Crippen LogP contribution in [0.2, 0.25) is 0 Å². The number of urea groups is 1. The minimum Gasteiger partial charge on any atom is -0.481 e. The largest absolute Gasteiger partial charge is 0.481 e. The molecular weight excluding hydrogens is 270 g/mol. The molecule has 21 heavy (non-hydrogen) atoms. The second kappa shape index (κ2) is 9.60. The number of hydrogen-bond acceptors (Lipinski definition) is 3. The summed E-state index contributed by atoms with van der Waals surface area (Å²) in [5.74, 6) is -0.972. The Hall–Kier alpha value is -1.30. The number of carboxylic acids is 1. The van der Waals surface area contributed by atoms with E-state index in [1.54, 1.807) is 0 Å². The molecule has 0 saturated heterocycles. The molecule has 0 aromatic heterocycles. The van der Waals surface area contributed by atoms with Gasteiger partial charge in [0.25, 0.3) is 0 Å². The zero-order valence-electron chi connectivity index (χ0n) is 13.2. The molecule has 2 unspecified atom stereocenters. The van der Waals surface area contributed by atoms with Gasteiger partial charge in [-0.05, 0) is 52.2 Å². The highest BCUT2D eigenvalue weighted by Crippen LogP contribution is 2.29. The Labute approximate surface area is 127 Å².